The van der Waals surface area contributed by atoms with Crippen LogP contribution < -0.4 is 0 Å². The molecule has 4 N–H and O–H groups in total. The molecular weight excluding hydrogens is 725 g/mol. The van der Waals surface area contributed by atoms with Crippen molar-refractivity contribution in [2.24, 2.45) is 0 Å². The number of allylic oxidation sites excluding steroid dienone is 2. The molecule has 0 aliphatic heterocycles. The summed E-state index contributed by atoms with van der Waals surface area (Å²) in [6, 6.07) is 0. The number of esters is 2. The minimum Gasteiger partial charge on any atom is -0.435 e. The van der Waals surface area contributed by atoms with Gasteiger partial charge in [-0.1, -0.05) is 181 Å². The highest BCUT2D eigenvalue weighted by Crippen LogP contribution is 2.15. The molecule has 57 heavy (non-hydrogen) atoms. The number of hydrogen-bond donors (Lipinski definition) is 4. The summed E-state index contributed by atoms with van der Waals surface area (Å²) in [6.07, 6.45) is 41.1. The van der Waals surface area contributed by atoms with Gasteiger partial charge in [0.25, 0.3) is 0 Å². The zero-order valence-electron chi connectivity index (χ0n) is 36.8. The van der Waals surface area contributed by atoms with Crippen LogP contribution in [0.2, 0.25) is 0 Å². The summed E-state index contributed by atoms with van der Waals surface area (Å²) in [5.74, 6) is -0.768. The Morgan fingerprint density at radius 1 is 0.491 bits per heavy atom. The quantitative estimate of drug-likeness (QED) is 0.0202. The minimum atomic E-state index is -1.61. The van der Waals surface area contributed by atoms with Crippen LogP contribution in [0.3, 0.4) is 0 Å². The SMILES string of the molecule is CCCCCCCCCCCCCCCC/C=C/OC(=O)CCC(=O)O/C=C/CCCCCCCCCCCCCCCC.CO[C@@H](C=O)[C@@H](O)[C@H](O)[C@H](O)CO. The number of ether oxygens (including phenoxy) is 3. The Morgan fingerprint density at radius 3 is 1.05 bits per heavy atom. The molecule has 0 rings (SSSR count). The maximum absolute atomic E-state index is 11.8. The van der Waals surface area contributed by atoms with Crippen LogP contribution in [-0.4, -0.2) is 76.8 Å². The molecule has 10 heteroatoms. The van der Waals surface area contributed by atoms with Gasteiger partial charge < -0.3 is 39.4 Å². The second kappa shape index (κ2) is 46.6. The van der Waals surface area contributed by atoms with Crippen LogP contribution in [0.15, 0.2) is 24.7 Å². The lowest BCUT2D eigenvalue weighted by Crippen LogP contribution is -2.47. The molecular formula is C47H88O10. The Morgan fingerprint density at radius 2 is 0.789 bits per heavy atom. The van der Waals surface area contributed by atoms with E-state index in [1.807, 2.05) is 12.2 Å². The topological polar surface area (TPSA) is 160 Å². The van der Waals surface area contributed by atoms with Gasteiger partial charge in [-0.2, -0.15) is 0 Å². The van der Waals surface area contributed by atoms with Crippen molar-refractivity contribution in [2.75, 3.05) is 13.7 Å². The van der Waals surface area contributed by atoms with E-state index in [0.29, 0.717) is 6.29 Å². The molecule has 0 spiro atoms. The monoisotopic (exact) mass is 813 g/mol. The van der Waals surface area contributed by atoms with E-state index >= 15 is 0 Å². The molecule has 0 bridgehead atoms. The minimum absolute atomic E-state index is 0.0504. The van der Waals surface area contributed by atoms with Crippen molar-refractivity contribution in [1.82, 2.24) is 0 Å². The first-order chi connectivity index (χ1) is 27.8. The maximum Gasteiger partial charge on any atom is 0.311 e. The lowest BCUT2D eigenvalue weighted by Gasteiger charge is -2.24. The smallest absolute Gasteiger partial charge is 0.311 e. The summed E-state index contributed by atoms with van der Waals surface area (Å²) in [4.78, 5) is 33.9. The Balaban J connectivity index is 0. The van der Waals surface area contributed by atoms with E-state index in [2.05, 4.69) is 18.6 Å². The first-order valence-electron chi connectivity index (χ1n) is 23.1. The fraction of sp³-hybridized carbons (Fsp3) is 0.851. The van der Waals surface area contributed by atoms with Crippen molar-refractivity contribution in [3.63, 3.8) is 0 Å². The fourth-order valence-electron chi connectivity index (χ4n) is 6.42. The maximum atomic E-state index is 11.8. The molecule has 0 saturated carbocycles. The first kappa shape index (κ1) is 57.0. The lowest BCUT2D eigenvalue weighted by atomic mass is 10.0. The molecule has 336 valence electrons. The highest BCUT2D eigenvalue weighted by molar-refractivity contribution is 5.78. The van der Waals surface area contributed by atoms with E-state index in [4.69, 9.17) is 24.8 Å². The fourth-order valence-corrected chi connectivity index (χ4v) is 6.42. The van der Waals surface area contributed by atoms with Gasteiger partial charge in [-0.25, -0.2) is 0 Å². The predicted molar refractivity (Wildman–Crippen MR) is 232 cm³/mol. The lowest BCUT2D eigenvalue weighted by molar-refractivity contribution is -0.144. The largest absolute Gasteiger partial charge is 0.435 e. The van der Waals surface area contributed by atoms with Crippen LogP contribution in [0.4, 0.5) is 0 Å². The number of aldehydes is 1. The molecule has 0 fully saturated rings. The third kappa shape index (κ3) is 41.8. The Hall–Kier alpha value is -2.11. The van der Waals surface area contributed by atoms with Gasteiger partial charge in [-0.3, -0.25) is 9.59 Å². The van der Waals surface area contributed by atoms with E-state index in [0.717, 1.165) is 25.7 Å². The molecule has 0 amide bonds. The van der Waals surface area contributed by atoms with Crippen LogP contribution in [-0.2, 0) is 28.6 Å². The van der Waals surface area contributed by atoms with Gasteiger partial charge in [0.15, 0.2) is 6.29 Å². The number of aliphatic hydroxyl groups excluding tert-OH is 4. The van der Waals surface area contributed by atoms with Crippen LogP contribution in [0, 0.1) is 0 Å². The van der Waals surface area contributed by atoms with Gasteiger partial charge in [-0.05, 0) is 37.8 Å². The van der Waals surface area contributed by atoms with Gasteiger partial charge in [-0.15, -0.1) is 0 Å². The van der Waals surface area contributed by atoms with Gasteiger partial charge in [0.1, 0.15) is 24.4 Å². The van der Waals surface area contributed by atoms with Crippen molar-refractivity contribution in [2.45, 2.75) is 244 Å². The third-order valence-corrected chi connectivity index (χ3v) is 10.2. The molecule has 0 aliphatic rings. The summed E-state index contributed by atoms with van der Waals surface area (Å²) < 4.78 is 14.7. The standard InChI is InChI=1S/C40H74O4.C7H14O6/c1-3-5-7-9-11-13-15-17-19-21-23-25-27-29-31-33-37-43-39(41)35-36-40(42)44-38-34-32-30-28-26-24-22-20-18-16-14-12-10-8-6-4-2;1-13-5(3-9)7(12)6(11)4(10)2-8/h33-34,37-38H,3-32,35-36H2,1-2H3;3-8,10-12H,2H2,1H3/b37-33+,38-34+;/t;4-,5+,6-,7-/m.1/s1. The number of aliphatic hydroxyl groups is 4. The van der Waals surface area contributed by atoms with Crippen LogP contribution in [0.25, 0.3) is 0 Å². The van der Waals surface area contributed by atoms with E-state index in [-0.39, 0.29) is 24.8 Å². The average molecular weight is 813 g/mol. The van der Waals surface area contributed by atoms with Crippen molar-refractivity contribution < 1.29 is 49.0 Å². The summed E-state index contributed by atoms with van der Waals surface area (Å²) in [6.45, 7) is 3.85. The van der Waals surface area contributed by atoms with E-state index in [1.165, 1.54) is 187 Å². The third-order valence-electron chi connectivity index (χ3n) is 10.2. The first-order valence-corrected chi connectivity index (χ1v) is 23.1. The molecule has 0 radical (unpaired) electrons. The molecule has 4 atom stereocenters. The molecule has 0 aromatic heterocycles. The van der Waals surface area contributed by atoms with Crippen molar-refractivity contribution in [1.29, 1.82) is 0 Å². The summed E-state index contributed by atoms with van der Waals surface area (Å²) in [7, 11) is 1.18. The average Bonchev–Trinajstić information content (AvgIpc) is 3.22. The van der Waals surface area contributed by atoms with Gasteiger partial charge in [0.05, 0.1) is 32.0 Å². The van der Waals surface area contributed by atoms with E-state index in [1.54, 1.807) is 0 Å². The molecule has 10 nitrogen and oxygen atoms in total. The zero-order chi connectivity index (χ0) is 42.5. The second-order valence-electron chi connectivity index (χ2n) is 15.6. The zero-order valence-corrected chi connectivity index (χ0v) is 36.8. The number of carbonyl (C=O) groups is 3. The van der Waals surface area contributed by atoms with E-state index in [9.17, 15) is 19.5 Å². The summed E-state index contributed by atoms with van der Waals surface area (Å²) >= 11 is 0. The number of carbonyl (C=O) groups excluding carboxylic acids is 3. The normalized spacial score (nSPS) is 13.6. The number of unbranched alkanes of at least 4 members (excludes halogenated alkanes) is 28. The highest BCUT2D eigenvalue weighted by Gasteiger charge is 2.30. The second-order valence-corrected chi connectivity index (χ2v) is 15.6. The molecule has 0 aromatic rings. The van der Waals surface area contributed by atoms with Crippen molar-refractivity contribution >= 4 is 18.2 Å². The van der Waals surface area contributed by atoms with Gasteiger partial charge in [0, 0.05) is 7.11 Å². The Bertz CT molecular complexity index is 868. The molecule has 0 saturated heterocycles. The van der Waals surface area contributed by atoms with Crippen LogP contribution in [0.1, 0.15) is 219 Å². The number of rotatable bonds is 41. The molecule has 0 aliphatic carbocycles. The van der Waals surface area contributed by atoms with Gasteiger partial charge >= 0.3 is 11.9 Å². The summed E-state index contributed by atoms with van der Waals surface area (Å²) in [5.41, 5.74) is 0. The molecule has 0 heterocycles. The molecule has 0 aromatic carbocycles. The molecule has 0 unspecified atom stereocenters. The van der Waals surface area contributed by atoms with Crippen LogP contribution in [0.5, 0.6) is 0 Å². The highest BCUT2D eigenvalue weighted by atomic mass is 16.5. The van der Waals surface area contributed by atoms with E-state index < -0.39 is 31.0 Å². The van der Waals surface area contributed by atoms with Crippen LogP contribution >= 0.6 is 0 Å². The Labute approximate surface area is 348 Å². The number of hydrogen-bond acceptors (Lipinski definition) is 10. The number of methoxy groups -OCH3 is 1. The van der Waals surface area contributed by atoms with Gasteiger partial charge in [0.2, 0.25) is 0 Å². The predicted octanol–water partition coefficient (Wildman–Crippen LogP) is 10.9. The van der Waals surface area contributed by atoms with Crippen molar-refractivity contribution in [3.05, 3.63) is 24.7 Å². The van der Waals surface area contributed by atoms with Crippen molar-refractivity contribution in [3.8, 4) is 0 Å². The Kier molecular flexibility index (Phi) is 46.6. The summed E-state index contributed by atoms with van der Waals surface area (Å²) in [5, 5.41) is 35.7.